The number of carbonyl (C=O) groups is 2. The summed E-state index contributed by atoms with van der Waals surface area (Å²) >= 11 is 6.05. The van der Waals surface area contributed by atoms with Crippen molar-refractivity contribution in [2.24, 2.45) is 13.0 Å². The van der Waals surface area contributed by atoms with Gasteiger partial charge in [0.15, 0.2) is 0 Å². The molecule has 0 aliphatic heterocycles. The van der Waals surface area contributed by atoms with E-state index >= 15 is 0 Å². The van der Waals surface area contributed by atoms with Gasteiger partial charge in [-0.25, -0.2) is 4.68 Å². The smallest absolute Gasteiger partial charge is 0.295 e. The van der Waals surface area contributed by atoms with Crippen LogP contribution in [0.4, 0.5) is 11.4 Å². The Kier molecular flexibility index (Phi) is 7.21. The number of nitrogens with one attached hydrogen (secondary N) is 2. The Hall–Kier alpha value is -3.92. The van der Waals surface area contributed by atoms with E-state index in [0.717, 1.165) is 12.1 Å². The van der Waals surface area contributed by atoms with Crippen LogP contribution in [-0.4, -0.2) is 32.1 Å². The average molecular weight is 486 g/mol. The van der Waals surface area contributed by atoms with Crippen molar-refractivity contribution in [1.29, 1.82) is 0 Å². The molecule has 1 atom stereocenters. The highest BCUT2D eigenvalue weighted by molar-refractivity contribution is 6.34. The SMILES string of the molecule is Cc1c(NC(=O)C(NC(=O)c2ccc([N+](=O)[O-])cc2Cl)C(C)C)c(=O)n(-c2ccccc2)n1C. The number of hydrogen-bond acceptors (Lipinski definition) is 5. The number of amides is 2. The van der Waals surface area contributed by atoms with Crippen molar-refractivity contribution in [2.45, 2.75) is 26.8 Å². The summed E-state index contributed by atoms with van der Waals surface area (Å²) in [5.74, 6) is -1.58. The summed E-state index contributed by atoms with van der Waals surface area (Å²) in [6.45, 7) is 5.18. The maximum absolute atomic E-state index is 13.1. The summed E-state index contributed by atoms with van der Waals surface area (Å²) in [5, 5.41) is 16.1. The zero-order valence-corrected chi connectivity index (χ0v) is 19.8. The van der Waals surface area contributed by atoms with Crippen LogP contribution in [0.15, 0.2) is 53.3 Å². The molecule has 0 fully saturated rings. The molecule has 3 aromatic rings. The normalized spacial score (nSPS) is 11.8. The van der Waals surface area contributed by atoms with Gasteiger partial charge in [-0.05, 0) is 31.0 Å². The fourth-order valence-electron chi connectivity index (χ4n) is 3.47. The maximum Gasteiger partial charge on any atom is 0.295 e. The van der Waals surface area contributed by atoms with Crippen LogP contribution in [0.25, 0.3) is 5.69 Å². The monoisotopic (exact) mass is 485 g/mol. The third-order valence-corrected chi connectivity index (χ3v) is 5.76. The van der Waals surface area contributed by atoms with Crippen molar-refractivity contribution in [3.63, 3.8) is 0 Å². The molecule has 1 aromatic heterocycles. The van der Waals surface area contributed by atoms with Crippen molar-refractivity contribution in [3.05, 3.63) is 85.3 Å². The number of para-hydroxylation sites is 1. The second kappa shape index (κ2) is 9.92. The Labute approximate surface area is 200 Å². The molecule has 1 unspecified atom stereocenters. The van der Waals surface area contributed by atoms with Crippen LogP contribution < -0.4 is 16.2 Å². The molecule has 0 aliphatic carbocycles. The Morgan fingerprint density at radius 3 is 2.32 bits per heavy atom. The molecule has 1 heterocycles. The highest BCUT2D eigenvalue weighted by Gasteiger charge is 2.28. The molecule has 0 aliphatic rings. The van der Waals surface area contributed by atoms with Gasteiger partial charge in [0.25, 0.3) is 17.2 Å². The standard InChI is InChI=1S/C23H24ClN5O5/c1-13(2)19(25-21(30)17-11-10-16(29(33)34)12-18(17)24)22(31)26-20-14(3)27(4)28(23(20)32)15-8-6-5-7-9-15/h5-13,19H,1-4H3,(H,25,30)(H,26,31). The zero-order chi connectivity index (χ0) is 25.2. The number of hydrogen-bond donors (Lipinski definition) is 2. The summed E-state index contributed by atoms with van der Waals surface area (Å²) in [4.78, 5) is 49.2. The number of benzene rings is 2. The van der Waals surface area contributed by atoms with Gasteiger partial charge in [-0.2, -0.15) is 0 Å². The minimum Gasteiger partial charge on any atom is -0.340 e. The fraction of sp³-hybridized carbons (Fsp3) is 0.261. The van der Waals surface area contributed by atoms with E-state index < -0.39 is 28.3 Å². The largest absolute Gasteiger partial charge is 0.340 e. The topological polar surface area (TPSA) is 128 Å². The molecular formula is C23H24ClN5O5. The van der Waals surface area contributed by atoms with E-state index in [0.29, 0.717) is 11.4 Å². The molecule has 0 spiro atoms. The lowest BCUT2D eigenvalue weighted by Crippen LogP contribution is -2.47. The lowest BCUT2D eigenvalue weighted by atomic mass is 10.0. The van der Waals surface area contributed by atoms with Gasteiger partial charge in [0, 0.05) is 19.2 Å². The molecule has 0 radical (unpaired) electrons. The molecular weight excluding hydrogens is 462 g/mol. The van der Waals surface area contributed by atoms with Crippen LogP contribution in [0.1, 0.15) is 29.9 Å². The van der Waals surface area contributed by atoms with Crippen LogP contribution in [0, 0.1) is 23.0 Å². The van der Waals surface area contributed by atoms with Crippen molar-refractivity contribution < 1.29 is 14.5 Å². The molecule has 2 N–H and O–H groups in total. The fourth-order valence-corrected chi connectivity index (χ4v) is 3.73. The molecule has 2 amide bonds. The van der Waals surface area contributed by atoms with Gasteiger partial charge >= 0.3 is 0 Å². The number of rotatable bonds is 7. The molecule has 0 saturated carbocycles. The summed E-state index contributed by atoms with van der Waals surface area (Å²) in [6.07, 6.45) is 0. The molecule has 34 heavy (non-hydrogen) atoms. The summed E-state index contributed by atoms with van der Waals surface area (Å²) in [6, 6.07) is 11.4. The van der Waals surface area contributed by atoms with Gasteiger partial charge in [0.05, 0.1) is 26.9 Å². The quantitative estimate of drug-likeness (QED) is 0.391. The van der Waals surface area contributed by atoms with Gasteiger partial charge < -0.3 is 10.6 Å². The van der Waals surface area contributed by atoms with E-state index in [9.17, 15) is 24.5 Å². The van der Waals surface area contributed by atoms with Gasteiger partial charge in [-0.15, -0.1) is 0 Å². The molecule has 0 bridgehead atoms. The van der Waals surface area contributed by atoms with Gasteiger partial charge in [0.2, 0.25) is 5.91 Å². The van der Waals surface area contributed by atoms with E-state index in [1.165, 1.54) is 10.7 Å². The Bertz CT molecular complexity index is 1310. The second-order valence-electron chi connectivity index (χ2n) is 8.04. The number of nitro groups is 1. The molecule has 0 saturated heterocycles. The minimum atomic E-state index is -0.997. The minimum absolute atomic E-state index is 0.00644. The molecule has 11 heteroatoms. The lowest BCUT2D eigenvalue weighted by molar-refractivity contribution is -0.384. The van der Waals surface area contributed by atoms with E-state index in [4.69, 9.17) is 11.6 Å². The predicted molar refractivity (Wildman–Crippen MR) is 129 cm³/mol. The Balaban J connectivity index is 1.86. The number of nitro benzene ring substituents is 1. The molecule has 10 nitrogen and oxygen atoms in total. The van der Waals surface area contributed by atoms with Gasteiger partial charge in [-0.1, -0.05) is 43.6 Å². The predicted octanol–water partition coefficient (Wildman–Crippen LogP) is 3.44. The first-order valence-electron chi connectivity index (χ1n) is 10.4. The molecule has 3 rings (SSSR count). The molecule has 178 valence electrons. The first-order valence-corrected chi connectivity index (χ1v) is 10.8. The van der Waals surface area contributed by atoms with Gasteiger partial charge in [-0.3, -0.25) is 29.2 Å². The van der Waals surface area contributed by atoms with Crippen molar-refractivity contribution in [2.75, 3.05) is 5.32 Å². The third-order valence-electron chi connectivity index (χ3n) is 5.45. The Morgan fingerprint density at radius 2 is 1.76 bits per heavy atom. The number of carbonyl (C=O) groups excluding carboxylic acids is 2. The van der Waals surface area contributed by atoms with E-state index in [1.54, 1.807) is 56.8 Å². The first kappa shape index (κ1) is 24.7. The third kappa shape index (κ3) is 4.86. The number of halogens is 1. The lowest BCUT2D eigenvalue weighted by Gasteiger charge is -2.21. The number of nitrogens with zero attached hydrogens (tertiary/aromatic N) is 3. The van der Waals surface area contributed by atoms with E-state index in [-0.39, 0.29) is 27.9 Å². The second-order valence-corrected chi connectivity index (χ2v) is 8.45. The molecule has 2 aromatic carbocycles. The average Bonchev–Trinajstić information content (AvgIpc) is 3.00. The van der Waals surface area contributed by atoms with Crippen molar-refractivity contribution in [3.8, 4) is 5.69 Å². The van der Waals surface area contributed by atoms with Crippen LogP contribution in [0.5, 0.6) is 0 Å². The Morgan fingerprint density at radius 1 is 1.12 bits per heavy atom. The summed E-state index contributed by atoms with van der Waals surface area (Å²) in [7, 11) is 1.71. The van der Waals surface area contributed by atoms with Crippen molar-refractivity contribution >= 4 is 34.8 Å². The van der Waals surface area contributed by atoms with E-state index in [2.05, 4.69) is 10.6 Å². The highest BCUT2D eigenvalue weighted by atomic mass is 35.5. The number of anilines is 1. The zero-order valence-electron chi connectivity index (χ0n) is 19.0. The maximum atomic E-state index is 13.1. The van der Waals surface area contributed by atoms with Crippen LogP contribution >= 0.6 is 11.6 Å². The number of non-ortho nitro benzene ring substituents is 1. The van der Waals surface area contributed by atoms with Crippen LogP contribution in [0.2, 0.25) is 5.02 Å². The highest BCUT2D eigenvalue weighted by Crippen LogP contribution is 2.23. The van der Waals surface area contributed by atoms with Crippen LogP contribution in [-0.2, 0) is 11.8 Å². The van der Waals surface area contributed by atoms with Crippen molar-refractivity contribution in [1.82, 2.24) is 14.7 Å². The number of aromatic nitrogens is 2. The summed E-state index contributed by atoms with van der Waals surface area (Å²) < 4.78 is 3.07. The van der Waals surface area contributed by atoms with E-state index in [1.807, 2.05) is 6.07 Å². The first-order chi connectivity index (χ1) is 16.0. The van der Waals surface area contributed by atoms with Crippen LogP contribution in [0.3, 0.4) is 0 Å². The summed E-state index contributed by atoms with van der Waals surface area (Å²) in [5.41, 5.74) is 0.605. The van der Waals surface area contributed by atoms with Gasteiger partial charge in [0.1, 0.15) is 11.7 Å².